The van der Waals surface area contributed by atoms with Crippen molar-refractivity contribution in [3.63, 3.8) is 0 Å². The molecule has 1 aromatic heterocycles. The zero-order valence-corrected chi connectivity index (χ0v) is 7.24. The molecule has 1 aliphatic rings. The van der Waals surface area contributed by atoms with Crippen molar-refractivity contribution in [2.45, 2.75) is 25.0 Å². The van der Waals surface area contributed by atoms with Crippen LogP contribution < -0.4 is 5.32 Å². The second-order valence-electron chi connectivity index (χ2n) is 3.31. The molecule has 2 rings (SSSR count). The lowest BCUT2D eigenvalue weighted by Gasteiger charge is -2.32. The van der Waals surface area contributed by atoms with E-state index in [9.17, 15) is 8.78 Å². The second-order valence-corrected chi connectivity index (χ2v) is 3.31. The van der Waals surface area contributed by atoms with Gasteiger partial charge >= 0.3 is 6.08 Å². The van der Waals surface area contributed by atoms with Gasteiger partial charge in [-0.15, -0.1) is 0 Å². The third kappa shape index (κ3) is 1.95. The highest BCUT2D eigenvalue weighted by molar-refractivity contribution is 5.34. The van der Waals surface area contributed by atoms with E-state index in [1.54, 1.807) is 0 Å². The molecule has 0 unspecified atom stereocenters. The summed E-state index contributed by atoms with van der Waals surface area (Å²) in [6.45, 7) is 0. The Morgan fingerprint density at radius 3 is 2.64 bits per heavy atom. The number of hydrogen-bond donors (Lipinski definition) is 2. The molecule has 1 heterocycles. The first-order chi connectivity index (χ1) is 6.63. The summed E-state index contributed by atoms with van der Waals surface area (Å²) < 4.78 is 25.1. The quantitative estimate of drug-likeness (QED) is 0.546. The predicted octanol–water partition coefficient (Wildman–Crippen LogP) is 0.690. The molecular formula is C8H9F2N3O. The topological polar surface area (TPSA) is 58.0 Å². The van der Waals surface area contributed by atoms with Crippen LogP contribution in [0.25, 0.3) is 0 Å². The van der Waals surface area contributed by atoms with Gasteiger partial charge in [0.15, 0.2) is 0 Å². The molecule has 2 N–H and O–H groups in total. The minimum Gasteiger partial charge on any atom is -0.393 e. The number of rotatable bonds is 2. The molecule has 4 nitrogen and oxygen atoms in total. The molecule has 1 fully saturated rings. The predicted molar refractivity (Wildman–Crippen MR) is 44.6 cm³/mol. The van der Waals surface area contributed by atoms with Crippen molar-refractivity contribution in [2.75, 3.05) is 5.32 Å². The van der Waals surface area contributed by atoms with E-state index in [1.807, 2.05) is 0 Å². The average Bonchev–Trinajstić information content (AvgIpc) is 1.99. The van der Waals surface area contributed by atoms with E-state index < -0.39 is 12.0 Å². The number of nitrogens with zero attached hydrogens (tertiary/aromatic N) is 2. The van der Waals surface area contributed by atoms with Crippen LogP contribution in [0.4, 0.5) is 14.6 Å². The summed E-state index contributed by atoms with van der Waals surface area (Å²) in [5.41, 5.74) is 0. The van der Waals surface area contributed by atoms with Crippen LogP contribution in [0.2, 0.25) is 0 Å². The lowest BCUT2D eigenvalue weighted by molar-refractivity contribution is 0.0835. The van der Waals surface area contributed by atoms with E-state index in [1.165, 1.54) is 0 Å². The molecule has 1 aliphatic carbocycles. The van der Waals surface area contributed by atoms with Gasteiger partial charge < -0.3 is 10.4 Å². The molecule has 0 spiro atoms. The Bertz CT molecular complexity index is 321. The van der Waals surface area contributed by atoms with Crippen molar-refractivity contribution < 1.29 is 13.9 Å². The number of aliphatic hydroxyl groups excluding tert-OH is 1. The molecule has 0 amide bonds. The van der Waals surface area contributed by atoms with Gasteiger partial charge in [0, 0.05) is 12.1 Å². The summed E-state index contributed by atoms with van der Waals surface area (Å²) in [6.07, 6.45) is -0.253. The number of aliphatic hydroxyl groups is 1. The van der Waals surface area contributed by atoms with Gasteiger partial charge in [-0.1, -0.05) is 0 Å². The first-order valence-corrected chi connectivity index (χ1v) is 4.28. The SMILES string of the molecule is OC1CC(Nc2cc(F)nc(F)n2)C1. The van der Waals surface area contributed by atoms with Crippen molar-refractivity contribution in [3.05, 3.63) is 18.1 Å². The molecule has 0 bridgehead atoms. The van der Waals surface area contributed by atoms with E-state index in [4.69, 9.17) is 5.11 Å². The largest absolute Gasteiger partial charge is 0.393 e. The van der Waals surface area contributed by atoms with E-state index in [2.05, 4.69) is 15.3 Å². The van der Waals surface area contributed by atoms with Crippen LogP contribution >= 0.6 is 0 Å². The second kappa shape index (κ2) is 3.45. The molecule has 6 heteroatoms. The van der Waals surface area contributed by atoms with Crippen LogP contribution in [-0.4, -0.2) is 27.2 Å². The van der Waals surface area contributed by atoms with Gasteiger partial charge in [0.25, 0.3) is 0 Å². The average molecular weight is 201 g/mol. The molecule has 0 aliphatic heterocycles. The molecule has 0 saturated heterocycles. The highest BCUT2D eigenvalue weighted by atomic mass is 19.1. The standard InChI is InChI=1S/C8H9F2N3O/c9-6-3-7(13-8(10)12-6)11-4-1-5(14)2-4/h3-5,14H,1-2H2,(H,11,12,13). The molecule has 0 atom stereocenters. The lowest BCUT2D eigenvalue weighted by Crippen LogP contribution is -2.39. The Hall–Kier alpha value is -1.30. The maximum atomic E-state index is 12.6. The van der Waals surface area contributed by atoms with Crippen LogP contribution in [0.15, 0.2) is 6.07 Å². The fraction of sp³-hybridized carbons (Fsp3) is 0.500. The Balaban J connectivity index is 2.02. The minimum absolute atomic E-state index is 0.0405. The van der Waals surface area contributed by atoms with Crippen LogP contribution in [-0.2, 0) is 0 Å². The smallest absolute Gasteiger partial charge is 0.313 e. The number of aromatic nitrogens is 2. The van der Waals surface area contributed by atoms with Crippen LogP contribution in [0.5, 0.6) is 0 Å². The number of anilines is 1. The van der Waals surface area contributed by atoms with E-state index >= 15 is 0 Å². The molecular weight excluding hydrogens is 192 g/mol. The number of hydrogen-bond acceptors (Lipinski definition) is 4. The summed E-state index contributed by atoms with van der Waals surface area (Å²) in [5.74, 6) is -0.785. The molecule has 1 aromatic rings. The Morgan fingerprint density at radius 1 is 1.36 bits per heavy atom. The van der Waals surface area contributed by atoms with Crippen LogP contribution in [0.3, 0.4) is 0 Å². The Morgan fingerprint density at radius 2 is 2.07 bits per heavy atom. The van der Waals surface area contributed by atoms with Crippen molar-refractivity contribution in [2.24, 2.45) is 0 Å². The molecule has 14 heavy (non-hydrogen) atoms. The normalized spacial score (nSPS) is 25.6. The van der Waals surface area contributed by atoms with Crippen LogP contribution in [0, 0.1) is 12.0 Å². The van der Waals surface area contributed by atoms with Gasteiger partial charge in [-0.2, -0.15) is 18.7 Å². The van der Waals surface area contributed by atoms with Gasteiger partial charge in [-0.25, -0.2) is 0 Å². The van der Waals surface area contributed by atoms with E-state index in [-0.39, 0.29) is 18.0 Å². The van der Waals surface area contributed by atoms with Crippen LogP contribution in [0.1, 0.15) is 12.8 Å². The maximum Gasteiger partial charge on any atom is 0.313 e. The van der Waals surface area contributed by atoms with Crippen molar-refractivity contribution in [1.82, 2.24) is 9.97 Å². The summed E-state index contributed by atoms with van der Waals surface area (Å²) in [5, 5.41) is 11.8. The van der Waals surface area contributed by atoms with Gasteiger partial charge in [0.05, 0.1) is 6.10 Å². The van der Waals surface area contributed by atoms with Gasteiger partial charge in [-0.05, 0) is 12.8 Å². The third-order valence-corrected chi connectivity index (χ3v) is 2.13. The van der Waals surface area contributed by atoms with E-state index in [0.29, 0.717) is 12.8 Å². The van der Waals surface area contributed by atoms with Crippen molar-refractivity contribution in [1.29, 1.82) is 0 Å². The minimum atomic E-state index is -1.09. The van der Waals surface area contributed by atoms with Gasteiger partial charge in [-0.3, -0.25) is 0 Å². The van der Waals surface area contributed by atoms with Crippen molar-refractivity contribution >= 4 is 5.82 Å². The Kier molecular flexibility index (Phi) is 2.28. The molecule has 0 radical (unpaired) electrons. The maximum absolute atomic E-state index is 12.6. The van der Waals surface area contributed by atoms with Gasteiger partial charge in [0.2, 0.25) is 5.95 Å². The molecule has 76 valence electrons. The molecule has 1 saturated carbocycles. The lowest BCUT2D eigenvalue weighted by atomic mass is 9.89. The molecule has 0 aromatic carbocycles. The Labute approximate surface area is 79.0 Å². The fourth-order valence-electron chi connectivity index (χ4n) is 1.38. The first kappa shape index (κ1) is 9.26. The third-order valence-electron chi connectivity index (χ3n) is 2.13. The first-order valence-electron chi connectivity index (χ1n) is 4.28. The van der Waals surface area contributed by atoms with E-state index in [0.717, 1.165) is 6.07 Å². The summed E-state index contributed by atoms with van der Waals surface area (Å²) in [6, 6.07) is 1.06. The highest BCUT2D eigenvalue weighted by Crippen LogP contribution is 2.23. The monoisotopic (exact) mass is 201 g/mol. The zero-order valence-electron chi connectivity index (χ0n) is 7.24. The zero-order chi connectivity index (χ0) is 10.1. The highest BCUT2D eigenvalue weighted by Gasteiger charge is 2.27. The summed E-state index contributed by atoms with van der Waals surface area (Å²) in [4.78, 5) is 6.24. The summed E-state index contributed by atoms with van der Waals surface area (Å²) in [7, 11) is 0. The number of nitrogens with one attached hydrogen (secondary N) is 1. The van der Waals surface area contributed by atoms with Crippen molar-refractivity contribution in [3.8, 4) is 0 Å². The fourth-order valence-corrected chi connectivity index (χ4v) is 1.38. The number of halogens is 2. The van der Waals surface area contributed by atoms with Gasteiger partial charge in [0.1, 0.15) is 5.82 Å². The summed E-state index contributed by atoms with van der Waals surface area (Å²) >= 11 is 0.